The van der Waals surface area contributed by atoms with E-state index < -0.39 is 11.9 Å². The molecular weight excluding hydrogens is 366 g/mol. The van der Waals surface area contributed by atoms with Gasteiger partial charge < -0.3 is 15.0 Å². The van der Waals surface area contributed by atoms with E-state index in [0.717, 1.165) is 12.2 Å². The first-order valence-corrected chi connectivity index (χ1v) is 9.73. The summed E-state index contributed by atoms with van der Waals surface area (Å²) in [7, 11) is 0. The van der Waals surface area contributed by atoms with E-state index in [1.807, 2.05) is 34.1 Å². The van der Waals surface area contributed by atoms with Crippen LogP contribution in [0.25, 0.3) is 0 Å². The van der Waals surface area contributed by atoms with Crippen molar-refractivity contribution in [3.05, 3.63) is 35.7 Å². The van der Waals surface area contributed by atoms with Gasteiger partial charge >= 0.3 is 6.03 Å². The van der Waals surface area contributed by atoms with Crippen molar-refractivity contribution in [3.63, 3.8) is 0 Å². The van der Waals surface area contributed by atoms with Crippen molar-refractivity contribution in [2.45, 2.75) is 45.5 Å². The first-order chi connectivity index (χ1) is 12.9. The Hall–Kier alpha value is -2.55. The van der Waals surface area contributed by atoms with Gasteiger partial charge in [-0.25, -0.2) is 4.79 Å². The number of carbonyl (C=O) groups excluding carboxylic acids is 2. The minimum atomic E-state index is -0.868. The second-order valence-corrected chi connectivity index (χ2v) is 7.33. The van der Waals surface area contributed by atoms with E-state index >= 15 is 0 Å². The molecule has 3 N–H and O–H groups in total. The zero-order chi connectivity index (χ0) is 19.8. The fourth-order valence-electron chi connectivity index (χ4n) is 2.35. The van der Waals surface area contributed by atoms with E-state index in [1.54, 1.807) is 0 Å². The number of nitrogens with one attached hydrogen (secondary N) is 1. The lowest BCUT2D eigenvalue weighted by Gasteiger charge is -2.13. The number of aryl methyl sites for hydroxylation is 1. The maximum atomic E-state index is 11.6. The molecule has 1 aromatic carbocycles. The maximum Gasteiger partial charge on any atom is 0.318 e. The number of rotatable bonds is 9. The average molecular weight is 391 g/mol. The molecule has 27 heavy (non-hydrogen) atoms. The summed E-state index contributed by atoms with van der Waals surface area (Å²) < 4.78 is 7.77. The third kappa shape index (κ3) is 6.59. The van der Waals surface area contributed by atoms with Crippen LogP contribution in [0.2, 0.25) is 0 Å². The molecule has 1 aromatic heterocycles. The molecule has 0 bridgehead atoms. The number of amides is 3. The van der Waals surface area contributed by atoms with Gasteiger partial charge in [-0.2, -0.15) is 0 Å². The highest BCUT2D eigenvalue weighted by Crippen LogP contribution is 2.20. The van der Waals surface area contributed by atoms with Gasteiger partial charge in [0.05, 0.1) is 5.75 Å². The lowest BCUT2D eigenvalue weighted by atomic mass is 10.2. The quantitative estimate of drug-likeness (QED) is 0.635. The maximum absolute atomic E-state index is 11.6. The van der Waals surface area contributed by atoms with Crippen LogP contribution in [0.3, 0.4) is 0 Å². The van der Waals surface area contributed by atoms with Crippen LogP contribution in [0.5, 0.6) is 5.75 Å². The molecule has 9 heteroatoms. The number of nitrogens with two attached hydrogens (primary N) is 1. The zero-order valence-corrected chi connectivity index (χ0v) is 16.6. The molecule has 0 aliphatic carbocycles. The summed E-state index contributed by atoms with van der Waals surface area (Å²) in [5, 5.41) is 11.0. The monoisotopic (exact) mass is 391 g/mol. The Balaban J connectivity index is 2.05. The van der Waals surface area contributed by atoms with E-state index in [9.17, 15) is 9.59 Å². The Morgan fingerprint density at radius 2 is 1.96 bits per heavy atom. The Labute approximate surface area is 162 Å². The Morgan fingerprint density at radius 1 is 1.26 bits per heavy atom. The molecule has 8 nitrogen and oxygen atoms in total. The fourth-order valence-corrected chi connectivity index (χ4v) is 3.12. The minimum absolute atomic E-state index is 0.0263. The second-order valence-electron chi connectivity index (χ2n) is 6.39. The number of carbonyl (C=O) groups is 2. The van der Waals surface area contributed by atoms with Gasteiger partial charge in [-0.05, 0) is 30.0 Å². The molecule has 0 saturated heterocycles. The molecule has 0 atom stereocenters. The highest BCUT2D eigenvalue weighted by molar-refractivity contribution is 7.99. The third-order valence-electron chi connectivity index (χ3n) is 3.64. The molecular formula is C18H25N5O3S. The van der Waals surface area contributed by atoms with E-state index in [-0.39, 0.29) is 12.4 Å². The summed E-state index contributed by atoms with van der Waals surface area (Å²) in [6.45, 7) is 7.25. The van der Waals surface area contributed by atoms with Crippen LogP contribution in [-0.4, -0.2) is 32.5 Å². The van der Waals surface area contributed by atoms with Gasteiger partial charge in [0, 0.05) is 6.54 Å². The number of aromatic nitrogens is 3. The molecule has 0 saturated carbocycles. The van der Waals surface area contributed by atoms with Crippen LogP contribution in [-0.2, 0) is 24.4 Å². The first kappa shape index (κ1) is 20.8. The standard InChI is InChI=1S/C18H25N5O3S/c1-4-13-5-7-14(8-6-13)26-10-15-21-22-18(23(15)9-12(2)3)27-11-16(24)20-17(19)25/h5-8,12H,4,9-11H2,1-3H3,(H3,19,20,24,25). The zero-order valence-electron chi connectivity index (χ0n) is 15.8. The largest absolute Gasteiger partial charge is 0.486 e. The molecule has 3 amide bonds. The summed E-state index contributed by atoms with van der Waals surface area (Å²) in [6, 6.07) is 7.07. The van der Waals surface area contributed by atoms with Gasteiger partial charge in [0.2, 0.25) is 5.91 Å². The number of hydrogen-bond donors (Lipinski definition) is 2. The van der Waals surface area contributed by atoms with Crippen molar-refractivity contribution in [2.24, 2.45) is 11.7 Å². The lowest BCUT2D eigenvalue weighted by molar-refractivity contribution is -0.117. The molecule has 1 heterocycles. The smallest absolute Gasteiger partial charge is 0.318 e. The predicted molar refractivity (Wildman–Crippen MR) is 103 cm³/mol. The normalized spacial score (nSPS) is 10.8. The average Bonchev–Trinajstić information content (AvgIpc) is 2.99. The predicted octanol–water partition coefficient (Wildman–Crippen LogP) is 2.36. The molecule has 2 rings (SSSR count). The number of urea groups is 1. The van der Waals surface area contributed by atoms with Gasteiger partial charge in [-0.3, -0.25) is 10.1 Å². The summed E-state index contributed by atoms with van der Waals surface area (Å²) >= 11 is 1.20. The molecule has 0 aliphatic rings. The highest BCUT2D eigenvalue weighted by Gasteiger charge is 2.16. The van der Waals surface area contributed by atoms with Crippen LogP contribution in [0.1, 0.15) is 32.2 Å². The van der Waals surface area contributed by atoms with Crippen molar-refractivity contribution in [2.75, 3.05) is 5.75 Å². The summed E-state index contributed by atoms with van der Waals surface area (Å²) in [5.41, 5.74) is 6.19. The van der Waals surface area contributed by atoms with Crippen LogP contribution >= 0.6 is 11.8 Å². The number of hydrogen-bond acceptors (Lipinski definition) is 6. The SMILES string of the molecule is CCc1ccc(OCc2nnc(SCC(=O)NC(N)=O)n2CC(C)C)cc1. The molecule has 0 aliphatic heterocycles. The van der Waals surface area contributed by atoms with Gasteiger partial charge in [0.15, 0.2) is 11.0 Å². The number of thioether (sulfide) groups is 1. The van der Waals surface area contributed by atoms with Crippen LogP contribution in [0, 0.1) is 5.92 Å². The Bertz CT molecular complexity index is 774. The summed E-state index contributed by atoms with van der Waals surface area (Å²) in [5.74, 6) is 1.36. The van der Waals surface area contributed by atoms with Crippen molar-refractivity contribution in [1.82, 2.24) is 20.1 Å². The van der Waals surface area contributed by atoms with E-state index in [2.05, 4.69) is 31.0 Å². The molecule has 0 fully saturated rings. The molecule has 0 spiro atoms. The topological polar surface area (TPSA) is 112 Å². The first-order valence-electron chi connectivity index (χ1n) is 8.75. The van der Waals surface area contributed by atoms with E-state index in [4.69, 9.17) is 10.5 Å². The lowest BCUT2D eigenvalue weighted by Crippen LogP contribution is -2.36. The number of ether oxygens (including phenoxy) is 1. The second kappa shape index (κ2) is 9.96. The number of benzene rings is 1. The van der Waals surface area contributed by atoms with Gasteiger partial charge in [-0.15, -0.1) is 10.2 Å². The molecule has 146 valence electrons. The Morgan fingerprint density at radius 3 is 2.56 bits per heavy atom. The fraction of sp³-hybridized carbons (Fsp3) is 0.444. The Kier molecular flexibility index (Phi) is 7.66. The number of primary amides is 1. The minimum Gasteiger partial charge on any atom is -0.486 e. The number of imide groups is 1. The van der Waals surface area contributed by atoms with E-state index in [1.165, 1.54) is 17.3 Å². The van der Waals surface area contributed by atoms with Crippen LogP contribution in [0.4, 0.5) is 4.79 Å². The molecule has 0 radical (unpaired) electrons. The van der Waals surface area contributed by atoms with Crippen molar-refractivity contribution < 1.29 is 14.3 Å². The van der Waals surface area contributed by atoms with Crippen molar-refractivity contribution in [1.29, 1.82) is 0 Å². The summed E-state index contributed by atoms with van der Waals surface area (Å²) in [4.78, 5) is 22.3. The molecule has 2 aromatic rings. The summed E-state index contributed by atoms with van der Waals surface area (Å²) in [6.07, 6.45) is 0.979. The highest BCUT2D eigenvalue weighted by atomic mass is 32.2. The van der Waals surface area contributed by atoms with Crippen molar-refractivity contribution >= 4 is 23.7 Å². The van der Waals surface area contributed by atoms with Crippen LogP contribution < -0.4 is 15.8 Å². The van der Waals surface area contributed by atoms with E-state index in [0.29, 0.717) is 23.4 Å². The van der Waals surface area contributed by atoms with Crippen LogP contribution in [0.15, 0.2) is 29.4 Å². The molecule has 0 unspecified atom stereocenters. The van der Waals surface area contributed by atoms with Gasteiger partial charge in [-0.1, -0.05) is 44.7 Å². The van der Waals surface area contributed by atoms with Crippen molar-refractivity contribution in [3.8, 4) is 5.75 Å². The van der Waals surface area contributed by atoms with Gasteiger partial charge in [0.1, 0.15) is 12.4 Å². The number of nitrogens with zero attached hydrogens (tertiary/aromatic N) is 3. The third-order valence-corrected chi connectivity index (χ3v) is 4.60. The van der Waals surface area contributed by atoms with Gasteiger partial charge in [0.25, 0.3) is 0 Å².